The quantitative estimate of drug-likeness (QED) is 0.417. The smallest absolute Gasteiger partial charge is 0.253 e. The van der Waals surface area contributed by atoms with Gasteiger partial charge in [-0.15, -0.1) is 5.10 Å². The van der Waals surface area contributed by atoms with E-state index < -0.39 is 10.0 Å². The number of para-hydroxylation sites is 1. The van der Waals surface area contributed by atoms with E-state index in [1.165, 1.54) is 9.71 Å². The fraction of sp³-hybridized carbons (Fsp3) is 0.192. The average Bonchev–Trinajstić information content (AvgIpc) is 3.31. The second kappa shape index (κ2) is 9.81. The lowest BCUT2D eigenvalue weighted by atomic mass is 10.1. The topological polar surface area (TPSA) is 88.4 Å². The highest BCUT2D eigenvalue weighted by molar-refractivity contribution is 7.92. The monoisotopic (exact) mass is 487 g/mol. The number of carbonyl (C=O) groups excluding carboxylic acids is 1. The molecule has 0 unspecified atom stereocenters. The van der Waals surface area contributed by atoms with E-state index in [-0.39, 0.29) is 19.0 Å². The molecule has 0 saturated carbocycles. The Morgan fingerprint density at radius 1 is 0.857 bits per heavy atom. The van der Waals surface area contributed by atoms with Gasteiger partial charge in [0.25, 0.3) is 5.91 Å². The summed E-state index contributed by atoms with van der Waals surface area (Å²) in [5.41, 5.74) is 4.22. The van der Waals surface area contributed by atoms with Gasteiger partial charge in [-0.1, -0.05) is 59.8 Å². The summed E-state index contributed by atoms with van der Waals surface area (Å²) in [6.07, 6.45) is 1.59. The van der Waals surface area contributed by atoms with Crippen molar-refractivity contribution in [1.29, 1.82) is 0 Å². The van der Waals surface area contributed by atoms with Gasteiger partial charge in [0, 0.05) is 37.2 Å². The summed E-state index contributed by atoms with van der Waals surface area (Å²) < 4.78 is 28.6. The van der Waals surface area contributed by atoms with E-state index >= 15 is 0 Å². The number of carbonyl (C=O) groups is 1. The molecule has 9 heteroatoms. The average molecular weight is 488 g/mol. The summed E-state index contributed by atoms with van der Waals surface area (Å²) in [5, 5.41) is 9.62. The zero-order valence-electron chi connectivity index (χ0n) is 19.1. The third-order valence-electron chi connectivity index (χ3n) is 6.07. The van der Waals surface area contributed by atoms with Crippen molar-refractivity contribution < 1.29 is 13.2 Å². The number of piperazine rings is 1. The minimum Gasteiger partial charge on any atom is -0.336 e. The van der Waals surface area contributed by atoms with Gasteiger partial charge in [0.1, 0.15) is 5.52 Å². The van der Waals surface area contributed by atoms with Crippen LogP contribution in [0.25, 0.3) is 17.1 Å². The maximum Gasteiger partial charge on any atom is 0.253 e. The van der Waals surface area contributed by atoms with E-state index in [1.54, 1.807) is 11.0 Å². The molecular weight excluding hydrogens is 462 g/mol. The third kappa shape index (κ3) is 5.16. The van der Waals surface area contributed by atoms with E-state index in [0.717, 1.165) is 22.2 Å². The predicted molar refractivity (Wildman–Crippen MR) is 135 cm³/mol. The Bertz CT molecular complexity index is 1460. The van der Waals surface area contributed by atoms with Gasteiger partial charge in [-0.25, -0.2) is 13.1 Å². The molecule has 1 aromatic heterocycles. The zero-order valence-corrected chi connectivity index (χ0v) is 19.9. The highest BCUT2D eigenvalue weighted by Crippen LogP contribution is 2.16. The zero-order chi connectivity index (χ0) is 24.3. The normalized spacial score (nSPS) is 15.1. The van der Waals surface area contributed by atoms with Gasteiger partial charge >= 0.3 is 0 Å². The van der Waals surface area contributed by atoms with Crippen molar-refractivity contribution in [3.63, 3.8) is 0 Å². The van der Waals surface area contributed by atoms with Crippen LogP contribution in [0.1, 0.15) is 21.5 Å². The number of rotatable bonds is 6. The molecule has 0 N–H and O–H groups in total. The number of sulfonamides is 1. The van der Waals surface area contributed by atoms with E-state index in [0.29, 0.717) is 25.2 Å². The summed E-state index contributed by atoms with van der Waals surface area (Å²) in [6, 6.07) is 24.5. The molecule has 0 radical (unpaired) electrons. The molecule has 0 atom stereocenters. The van der Waals surface area contributed by atoms with Crippen molar-refractivity contribution in [2.75, 3.05) is 26.2 Å². The van der Waals surface area contributed by atoms with Crippen molar-refractivity contribution in [2.24, 2.45) is 0 Å². The Morgan fingerprint density at radius 3 is 2.29 bits per heavy atom. The molecule has 2 heterocycles. The summed E-state index contributed by atoms with van der Waals surface area (Å²) in [7, 11) is -3.54. The Hall–Kier alpha value is -3.82. The fourth-order valence-corrected chi connectivity index (χ4v) is 5.28. The molecule has 1 aliphatic rings. The number of fused-ring (bicyclic) bond motifs is 1. The van der Waals surface area contributed by atoms with Gasteiger partial charge < -0.3 is 4.90 Å². The van der Waals surface area contributed by atoms with Crippen LogP contribution in [0.3, 0.4) is 0 Å². The SMILES string of the molecule is O=C(c1ccc(Cn2nnc3ccccc32)cc1)N1CCN(S(=O)(=O)/C=C/c2ccccc2)CC1. The van der Waals surface area contributed by atoms with Gasteiger partial charge in [-0.05, 0) is 41.5 Å². The number of amides is 1. The molecule has 5 rings (SSSR count). The van der Waals surface area contributed by atoms with Crippen molar-refractivity contribution in [2.45, 2.75) is 6.54 Å². The van der Waals surface area contributed by atoms with Gasteiger partial charge in [-0.2, -0.15) is 4.31 Å². The number of hydrogen-bond acceptors (Lipinski definition) is 5. The van der Waals surface area contributed by atoms with Crippen LogP contribution >= 0.6 is 0 Å². The molecule has 1 saturated heterocycles. The Morgan fingerprint density at radius 2 is 1.54 bits per heavy atom. The fourth-order valence-electron chi connectivity index (χ4n) is 4.10. The Balaban J connectivity index is 1.19. The first-order valence-electron chi connectivity index (χ1n) is 11.4. The summed E-state index contributed by atoms with van der Waals surface area (Å²) in [6.45, 7) is 1.80. The molecule has 1 amide bonds. The van der Waals surface area contributed by atoms with Crippen LogP contribution in [0.2, 0.25) is 0 Å². The second-order valence-corrected chi connectivity index (χ2v) is 10.2. The van der Waals surface area contributed by atoms with Crippen LogP contribution in [0.4, 0.5) is 0 Å². The van der Waals surface area contributed by atoms with Crippen molar-refractivity contribution >= 4 is 33.0 Å². The molecule has 3 aromatic carbocycles. The summed E-state index contributed by atoms with van der Waals surface area (Å²) in [4.78, 5) is 14.7. The molecule has 0 aliphatic carbocycles. The molecule has 1 fully saturated rings. The van der Waals surface area contributed by atoms with Crippen LogP contribution in [0.15, 0.2) is 84.3 Å². The lowest BCUT2D eigenvalue weighted by molar-refractivity contribution is 0.0698. The van der Waals surface area contributed by atoms with E-state index in [1.807, 2.05) is 83.5 Å². The maximum atomic E-state index is 13.0. The van der Waals surface area contributed by atoms with Gasteiger partial charge in [0.05, 0.1) is 12.1 Å². The highest BCUT2D eigenvalue weighted by atomic mass is 32.2. The molecule has 8 nitrogen and oxygen atoms in total. The van der Waals surface area contributed by atoms with Crippen LogP contribution in [0, 0.1) is 0 Å². The Labute approximate surface area is 204 Å². The molecule has 35 heavy (non-hydrogen) atoms. The minimum absolute atomic E-state index is 0.0976. The van der Waals surface area contributed by atoms with Crippen LogP contribution in [0.5, 0.6) is 0 Å². The van der Waals surface area contributed by atoms with Gasteiger partial charge in [-0.3, -0.25) is 4.79 Å². The molecule has 178 valence electrons. The van der Waals surface area contributed by atoms with Gasteiger partial charge in [0.15, 0.2) is 0 Å². The number of benzene rings is 3. The van der Waals surface area contributed by atoms with Crippen LogP contribution in [-0.2, 0) is 16.6 Å². The highest BCUT2D eigenvalue weighted by Gasteiger charge is 2.27. The van der Waals surface area contributed by atoms with Crippen LogP contribution < -0.4 is 0 Å². The lowest BCUT2D eigenvalue weighted by Gasteiger charge is -2.33. The first-order chi connectivity index (χ1) is 17.0. The Kier molecular flexibility index (Phi) is 6.43. The minimum atomic E-state index is -3.54. The summed E-state index contributed by atoms with van der Waals surface area (Å²) >= 11 is 0. The lowest BCUT2D eigenvalue weighted by Crippen LogP contribution is -2.50. The molecule has 1 aliphatic heterocycles. The number of hydrogen-bond donors (Lipinski definition) is 0. The van der Waals surface area contributed by atoms with Gasteiger partial charge in [0.2, 0.25) is 10.0 Å². The first kappa shape index (κ1) is 22.9. The number of nitrogens with zero attached hydrogens (tertiary/aromatic N) is 5. The second-order valence-electron chi connectivity index (χ2n) is 8.38. The molecule has 0 spiro atoms. The predicted octanol–water partition coefficient (Wildman–Crippen LogP) is 3.24. The van der Waals surface area contributed by atoms with E-state index in [4.69, 9.17) is 0 Å². The van der Waals surface area contributed by atoms with Crippen molar-refractivity contribution in [1.82, 2.24) is 24.2 Å². The van der Waals surface area contributed by atoms with Crippen molar-refractivity contribution in [3.8, 4) is 0 Å². The molecule has 4 aromatic rings. The maximum absolute atomic E-state index is 13.0. The van der Waals surface area contributed by atoms with E-state index in [9.17, 15) is 13.2 Å². The van der Waals surface area contributed by atoms with E-state index in [2.05, 4.69) is 10.3 Å². The van der Waals surface area contributed by atoms with Crippen molar-refractivity contribution in [3.05, 3.63) is 101 Å². The summed E-state index contributed by atoms with van der Waals surface area (Å²) in [5.74, 6) is -0.0976. The first-order valence-corrected chi connectivity index (χ1v) is 12.9. The third-order valence-corrected chi connectivity index (χ3v) is 7.64. The number of aromatic nitrogens is 3. The molecular formula is C26H25N5O3S. The largest absolute Gasteiger partial charge is 0.336 e. The molecule has 0 bridgehead atoms. The van der Waals surface area contributed by atoms with Crippen LogP contribution in [-0.4, -0.2) is 64.7 Å². The standard InChI is InChI=1S/C26H25N5O3S/c32-26(23-12-10-22(11-13-23)20-31-25-9-5-4-8-24(25)27-28-31)29-15-17-30(18-16-29)35(33,34)19-14-21-6-2-1-3-7-21/h1-14,19H,15-18,20H2/b19-14+.